The number of hydrogen-bond acceptors (Lipinski definition) is 1. The van der Waals surface area contributed by atoms with E-state index < -0.39 is 0 Å². The monoisotopic (exact) mass is 579 g/mol. The number of aromatic nitrogens is 1. The number of halogens is 1. The van der Waals surface area contributed by atoms with Crippen LogP contribution in [0.3, 0.4) is 0 Å². The number of hydrogen-bond donors (Lipinski definition) is 0. The molecule has 3 heteroatoms. The Morgan fingerprint density at radius 3 is 1.69 bits per heavy atom. The average molecular weight is 581 g/mol. The Morgan fingerprint density at radius 2 is 0.974 bits per heavy atom. The second-order valence-corrected chi connectivity index (χ2v) is 12.0. The standard InChI is InChI=1S/C36H22BrNS/c37-27-15-10-23(11-16-27)25-13-18-31-32-19-14-26(22-36(32)39-35(31)21-25)24-12-17-30-29-8-4-5-9-33(29)38(34(30)20-24)28-6-2-1-3-7-28/h1-22H. The molecule has 0 amide bonds. The summed E-state index contributed by atoms with van der Waals surface area (Å²) in [6.07, 6.45) is 0. The van der Waals surface area contributed by atoms with Gasteiger partial charge in [0.05, 0.1) is 11.0 Å². The lowest BCUT2D eigenvalue weighted by Gasteiger charge is -2.09. The Kier molecular flexibility index (Phi) is 5.22. The van der Waals surface area contributed by atoms with Crippen LogP contribution in [0.15, 0.2) is 138 Å². The Balaban J connectivity index is 1.28. The molecule has 0 bridgehead atoms. The quantitative estimate of drug-likeness (QED) is 0.196. The molecule has 8 aromatic rings. The molecule has 0 spiro atoms. The number of benzene rings is 6. The smallest absolute Gasteiger partial charge is 0.0547 e. The zero-order valence-corrected chi connectivity index (χ0v) is 23.3. The van der Waals surface area contributed by atoms with Gasteiger partial charge in [0.25, 0.3) is 0 Å². The lowest BCUT2D eigenvalue weighted by Crippen LogP contribution is -1.93. The minimum atomic E-state index is 1.10. The molecule has 0 saturated heterocycles. The van der Waals surface area contributed by atoms with E-state index in [1.165, 1.54) is 69.9 Å². The maximum Gasteiger partial charge on any atom is 0.0547 e. The topological polar surface area (TPSA) is 4.93 Å². The van der Waals surface area contributed by atoms with Crippen LogP contribution in [0, 0.1) is 0 Å². The summed E-state index contributed by atoms with van der Waals surface area (Å²) >= 11 is 5.42. The van der Waals surface area contributed by atoms with Crippen molar-refractivity contribution in [2.45, 2.75) is 0 Å². The second-order valence-electron chi connectivity index (χ2n) is 9.95. The van der Waals surface area contributed by atoms with Crippen molar-refractivity contribution in [3.63, 3.8) is 0 Å². The zero-order valence-electron chi connectivity index (χ0n) is 20.9. The van der Waals surface area contributed by atoms with Crippen LogP contribution in [0.2, 0.25) is 0 Å². The Bertz CT molecular complexity index is 2170. The van der Waals surface area contributed by atoms with Crippen molar-refractivity contribution >= 4 is 69.2 Å². The Morgan fingerprint density at radius 1 is 0.436 bits per heavy atom. The summed E-state index contributed by atoms with van der Waals surface area (Å²) < 4.78 is 6.13. The fourth-order valence-corrected chi connectivity index (χ4v) is 7.23. The molecule has 0 aliphatic rings. The van der Waals surface area contributed by atoms with Crippen LogP contribution in [0.1, 0.15) is 0 Å². The third-order valence-electron chi connectivity index (χ3n) is 7.67. The van der Waals surface area contributed by atoms with Gasteiger partial charge in [0.2, 0.25) is 0 Å². The maximum absolute atomic E-state index is 3.55. The SMILES string of the molecule is Brc1ccc(-c2ccc3c(c2)sc2cc(-c4ccc5c6ccccc6n(-c6ccccc6)c5c4)ccc23)cc1. The van der Waals surface area contributed by atoms with Gasteiger partial charge in [-0.1, -0.05) is 101 Å². The van der Waals surface area contributed by atoms with E-state index in [-0.39, 0.29) is 0 Å². The van der Waals surface area contributed by atoms with E-state index in [1.807, 2.05) is 11.3 Å². The van der Waals surface area contributed by atoms with Crippen molar-refractivity contribution in [2.24, 2.45) is 0 Å². The van der Waals surface area contributed by atoms with Crippen LogP contribution in [0.4, 0.5) is 0 Å². The Labute approximate surface area is 238 Å². The predicted octanol–water partition coefficient (Wildman–Crippen LogP) is 11.2. The number of rotatable bonds is 3. The molecule has 0 atom stereocenters. The molecule has 0 aliphatic carbocycles. The summed E-state index contributed by atoms with van der Waals surface area (Å²) in [7, 11) is 0. The molecule has 184 valence electrons. The molecule has 1 nitrogen and oxygen atoms in total. The minimum absolute atomic E-state index is 1.10. The fourth-order valence-electron chi connectivity index (χ4n) is 5.78. The van der Waals surface area contributed by atoms with Gasteiger partial charge in [0, 0.05) is 41.1 Å². The molecule has 0 N–H and O–H groups in total. The van der Waals surface area contributed by atoms with Crippen molar-refractivity contribution < 1.29 is 0 Å². The summed E-state index contributed by atoms with van der Waals surface area (Å²) in [4.78, 5) is 0. The van der Waals surface area contributed by atoms with E-state index in [9.17, 15) is 0 Å². The molecule has 0 aliphatic heterocycles. The maximum atomic E-state index is 3.55. The van der Waals surface area contributed by atoms with Gasteiger partial charge in [-0.15, -0.1) is 11.3 Å². The lowest BCUT2D eigenvalue weighted by atomic mass is 10.0. The van der Waals surface area contributed by atoms with Gasteiger partial charge >= 0.3 is 0 Å². The third-order valence-corrected chi connectivity index (χ3v) is 9.32. The molecule has 2 heterocycles. The molecule has 6 aromatic carbocycles. The molecule has 0 saturated carbocycles. The van der Waals surface area contributed by atoms with Gasteiger partial charge in [0.15, 0.2) is 0 Å². The fraction of sp³-hybridized carbons (Fsp3) is 0. The molecule has 0 unspecified atom stereocenters. The van der Waals surface area contributed by atoms with Crippen LogP contribution in [0.5, 0.6) is 0 Å². The Hall–Kier alpha value is -4.18. The lowest BCUT2D eigenvalue weighted by molar-refractivity contribution is 1.18. The predicted molar refractivity (Wildman–Crippen MR) is 172 cm³/mol. The van der Waals surface area contributed by atoms with Crippen LogP contribution in [0.25, 0.3) is 69.9 Å². The molecular weight excluding hydrogens is 558 g/mol. The first-order chi connectivity index (χ1) is 19.2. The largest absolute Gasteiger partial charge is 0.309 e. The highest BCUT2D eigenvalue weighted by Gasteiger charge is 2.14. The summed E-state index contributed by atoms with van der Waals surface area (Å²) in [5, 5.41) is 5.20. The molecule has 2 aromatic heterocycles. The summed E-state index contributed by atoms with van der Waals surface area (Å²) in [5.41, 5.74) is 8.61. The molecule has 0 radical (unpaired) electrons. The highest BCUT2D eigenvalue weighted by molar-refractivity contribution is 9.10. The molecule has 8 rings (SSSR count). The van der Waals surface area contributed by atoms with Crippen LogP contribution in [-0.2, 0) is 0 Å². The first-order valence-corrected chi connectivity index (χ1v) is 14.7. The van der Waals surface area contributed by atoms with Gasteiger partial charge in [-0.2, -0.15) is 0 Å². The van der Waals surface area contributed by atoms with Gasteiger partial charge in [-0.3, -0.25) is 0 Å². The number of nitrogens with zero attached hydrogens (tertiary/aromatic N) is 1. The van der Waals surface area contributed by atoms with E-state index >= 15 is 0 Å². The van der Waals surface area contributed by atoms with Crippen molar-refractivity contribution in [3.05, 3.63) is 138 Å². The summed E-state index contributed by atoms with van der Waals surface area (Å²) in [6.45, 7) is 0. The zero-order chi connectivity index (χ0) is 25.9. The molecule has 0 fully saturated rings. The normalized spacial score (nSPS) is 11.7. The minimum Gasteiger partial charge on any atom is -0.309 e. The molecular formula is C36H22BrNS. The van der Waals surface area contributed by atoms with Crippen molar-refractivity contribution in [1.82, 2.24) is 4.57 Å². The first kappa shape index (κ1) is 22.8. The second kappa shape index (κ2) is 8.94. The summed E-state index contributed by atoms with van der Waals surface area (Å²) in [5.74, 6) is 0. The van der Waals surface area contributed by atoms with Crippen LogP contribution < -0.4 is 0 Å². The van der Waals surface area contributed by atoms with E-state index in [0.29, 0.717) is 0 Å². The van der Waals surface area contributed by atoms with Crippen LogP contribution in [-0.4, -0.2) is 4.57 Å². The van der Waals surface area contributed by atoms with E-state index in [1.54, 1.807) is 0 Å². The highest BCUT2D eigenvalue weighted by atomic mass is 79.9. The summed E-state index contributed by atoms with van der Waals surface area (Å²) in [6, 6.07) is 48.6. The third kappa shape index (κ3) is 3.73. The van der Waals surface area contributed by atoms with Crippen molar-refractivity contribution in [2.75, 3.05) is 0 Å². The average Bonchev–Trinajstić information content (AvgIpc) is 3.52. The highest BCUT2D eigenvalue weighted by Crippen LogP contribution is 2.40. The van der Waals surface area contributed by atoms with E-state index in [0.717, 1.165) is 4.47 Å². The number of para-hydroxylation sites is 2. The van der Waals surface area contributed by atoms with Gasteiger partial charge in [-0.25, -0.2) is 0 Å². The van der Waals surface area contributed by atoms with Gasteiger partial charge < -0.3 is 4.57 Å². The molecule has 39 heavy (non-hydrogen) atoms. The van der Waals surface area contributed by atoms with Gasteiger partial charge in [-0.05, 0) is 70.8 Å². The number of thiophene rings is 1. The van der Waals surface area contributed by atoms with E-state index in [4.69, 9.17) is 0 Å². The van der Waals surface area contributed by atoms with E-state index in [2.05, 4.69) is 154 Å². The van der Waals surface area contributed by atoms with Crippen LogP contribution >= 0.6 is 27.3 Å². The van der Waals surface area contributed by atoms with Crippen molar-refractivity contribution in [1.29, 1.82) is 0 Å². The first-order valence-electron chi connectivity index (χ1n) is 13.0. The van der Waals surface area contributed by atoms with Crippen molar-refractivity contribution in [3.8, 4) is 27.9 Å². The number of fused-ring (bicyclic) bond motifs is 6. The van der Waals surface area contributed by atoms with Gasteiger partial charge in [0.1, 0.15) is 0 Å².